The highest BCUT2D eigenvalue weighted by molar-refractivity contribution is 7.92. The van der Waals surface area contributed by atoms with E-state index < -0.39 is 32.5 Å². The molecular weight excluding hydrogens is 554 g/mol. The van der Waals surface area contributed by atoms with Crippen molar-refractivity contribution >= 4 is 48.9 Å². The molecule has 10 nitrogen and oxygen atoms in total. The largest absolute Gasteiger partial charge is 0.495 e. The number of nitrogens with zero attached hydrogens (tertiary/aromatic N) is 2. The fourth-order valence-corrected chi connectivity index (χ4v) is 6.85. The zero-order valence-corrected chi connectivity index (χ0v) is 22.8. The number of hydrogen-bond donors (Lipinski definition) is 1. The van der Waals surface area contributed by atoms with Gasteiger partial charge in [0.2, 0.25) is 15.9 Å². The summed E-state index contributed by atoms with van der Waals surface area (Å²) in [6, 6.07) is 17.8. The van der Waals surface area contributed by atoms with Crippen molar-refractivity contribution in [3.63, 3.8) is 0 Å². The van der Waals surface area contributed by atoms with Crippen LogP contribution in [0.1, 0.15) is 0 Å². The summed E-state index contributed by atoms with van der Waals surface area (Å²) in [4.78, 5) is 13.2. The molecule has 0 unspecified atom stereocenters. The molecule has 3 aromatic carbocycles. The van der Waals surface area contributed by atoms with E-state index in [1.54, 1.807) is 18.2 Å². The maximum atomic E-state index is 13.5. The number of ether oxygens (including phenoxy) is 2. The van der Waals surface area contributed by atoms with Gasteiger partial charge in [-0.2, -0.15) is 4.31 Å². The van der Waals surface area contributed by atoms with Crippen LogP contribution in [-0.4, -0.2) is 67.0 Å². The van der Waals surface area contributed by atoms with Gasteiger partial charge >= 0.3 is 0 Å². The van der Waals surface area contributed by atoms with Crippen LogP contribution in [0.3, 0.4) is 0 Å². The highest BCUT2D eigenvalue weighted by Gasteiger charge is 2.29. The van der Waals surface area contributed by atoms with Crippen molar-refractivity contribution in [2.24, 2.45) is 0 Å². The minimum absolute atomic E-state index is 0.000988. The minimum Gasteiger partial charge on any atom is -0.495 e. The first-order chi connectivity index (χ1) is 18.1. The third kappa shape index (κ3) is 6.11. The van der Waals surface area contributed by atoms with Crippen LogP contribution in [0, 0.1) is 0 Å². The lowest BCUT2D eigenvalue weighted by Gasteiger charge is -2.26. The van der Waals surface area contributed by atoms with Gasteiger partial charge in [-0.15, -0.1) is 0 Å². The highest BCUT2D eigenvalue weighted by atomic mass is 35.5. The summed E-state index contributed by atoms with van der Waals surface area (Å²) < 4.78 is 66.0. The van der Waals surface area contributed by atoms with E-state index in [1.807, 2.05) is 0 Å². The van der Waals surface area contributed by atoms with Crippen molar-refractivity contribution in [3.8, 4) is 5.75 Å². The number of halogens is 1. The van der Waals surface area contributed by atoms with E-state index in [9.17, 15) is 21.6 Å². The van der Waals surface area contributed by atoms with E-state index in [-0.39, 0.29) is 53.2 Å². The number of carbonyl (C=O) groups excluding carboxylic acids is 1. The van der Waals surface area contributed by atoms with Crippen molar-refractivity contribution in [2.45, 2.75) is 9.79 Å². The maximum Gasteiger partial charge on any atom is 0.264 e. The number of rotatable bonds is 9. The number of benzene rings is 3. The van der Waals surface area contributed by atoms with Crippen LogP contribution >= 0.6 is 11.6 Å². The average molecular weight is 580 g/mol. The fourth-order valence-electron chi connectivity index (χ4n) is 3.84. The number of anilines is 2. The predicted molar refractivity (Wildman–Crippen MR) is 144 cm³/mol. The Morgan fingerprint density at radius 2 is 1.63 bits per heavy atom. The zero-order chi connectivity index (χ0) is 27.3. The van der Waals surface area contributed by atoms with Crippen LogP contribution in [0.5, 0.6) is 5.75 Å². The van der Waals surface area contributed by atoms with Crippen molar-refractivity contribution in [1.82, 2.24) is 4.31 Å². The molecule has 0 aromatic heterocycles. The smallest absolute Gasteiger partial charge is 0.264 e. The van der Waals surface area contributed by atoms with E-state index in [2.05, 4.69) is 5.32 Å². The molecule has 0 atom stereocenters. The summed E-state index contributed by atoms with van der Waals surface area (Å²) in [7, 11) is -6.60. The Morgan fingerprint density at radius 3 is 2.26 bits per heavy atom. The van der Waals surface area contributed by atoms with Crippen LogP contribution in [-0.2, 0) is 29.6 Å². The lowest BCUT2D eigenvalue weighted by Crippen LogP contribution is -2.40. The van der Waals surface area contributed by atoms with Gasteiger partial charge in [-0.1, -0.05) is 29.8 Å². The Labute approximate surface area is 226 Å². The Hall–Kier alpha value is -3.16. The van der Waals surface area contributed by atoms with Gasteiger partial charge in [-0.3, -0.25) is 9.10 Å². The standard InChI is InChI=1S/C25H26ClN3O7S2/c1-35-24-12-11-22(37(31,32)28-13-15-36-16-14-28)17-23(24)27-25(30)18-29(20-9-7-19(26)8-10-20)38(33,34)21-5-3-2-4-6-21/h2-12,17H,13-16,18H2,1H3,(H,27,30). The summed E-state index contributed by atoms with van der Waals surface area (Å²) >= 11 is 5.98. The quantitative estimate of drug-likeness (QED) is 0.413. The molecule has 1 N–H and O–H groups in total. The van der Waals surface area contributed by atoms with Crippen LogP contribution in [0.15, 0.2) is 82.6 Å². The molecule has 1 saturated heterocycles. The summed E-state index contributed by atoms with van der Waals surface area (Å²) in [5, 5.41) is 3.01. The molecular formula is C25H26ClN3O7S2. The summed E-state index contributed by atoms with van der Waals surface area (Å²) in [6.07, 6.45) is 0. The van der Waals surface area contributed by atoms with Gasteiger partial charge in [0, 0.05) is 18.1 Å². The summed E-state index contributed by atoms with van der Waals surface area (Å²) in [5.41, 5.74) is 0.309. The molecule has 3 aromatic rings. The molecule has 38 heavy (non-hydrogen) atoms. The molecule has 0 aliphatic carbocycles. The van der Waals surface area contributed by atoms with Crippen molar-refractivity contribution in [2.75, 3.05) is 49.6 Å². The van der Waals surface area contributed by atoms with E-state index in [0.29, 0.717) is 5.02 Å². The number of hydrogen-bond acceptors (Lipinski definition) is 7. The topological polar surface area (TPSA) is 122 Å². The molecule has 4 rings (SSSR count). The molecule has 0 spiro atoms. The predicted octanol–water partition coefficient (Wildman–Crippen LogP) is 3.20. The third-order valence-corrected chi connectivity index (χ3v) is 9.72. The van der Waals surface area contributed by atoms with E-state index in [1.165, 1.54) is 66.0 Å². The van der Waals surface area contributed by atoms with E-state index in [4.69, 9.17) is 21.1 Å². The second kappa shape index (κ2) is 11.7. The van der Waals surface area contributed by atoms with Gasteiger partial charge in [-0.05, 0) is 54.6 Å². The van der Waals surface area contributed by atoms with Crippen molar-refractivity contribution in [3.05, 3.63) is 77.8 Å². The Balaban J connectivity index is 1.64. The number of sulfonamides is 2. The molecule has 13 heteroatoms. The van der Waals surface area contributed by atoms with Gasteiger partial charge < -0.3 is 14.8 Å². The number of carbonyl (C=O) groups is 1. The monoisotopic (exact) mass is 579 g/mol. The molecule has 0 radical (unpaired) electrons. The molecule has 1 aliphatic rings. The average Bonchev–Trinajstić information content (AvgIpc) is 2.93. The lowest BCUT2D eigenvalue weighted by molar-refractivity contribution is -0.114. The summed E-state index contributed by atoms with van der Waals surface area (Å²) in [5.74, 6) is -0.498. The van der Waals surface area contributed by atoms with Crippen LogP contribution in [0.25, 0.3) is 0 Å². The number of nitrogens with one attached hydrogen (secondary N) is 1. The first kappa shape index (κ1) is 27.9. The molecule has 1 aliphatic heterocycles. The zero-order valence-electron chi connectivity index (χ0n) is 20.4. The lowest BCUT2D eigenvalue weighted by atomic mass is 10.3. The second-order valence-corrected chi connectivity index (χ2v) is 12.5. The van der Waals surface area contributed by atoms with Gasteiger partial charge in [0.25, 0.3) is 10.0 Å². The maximum absolute atomic E-state index is 13.5. The fraction of sp³-hybridized carbons (Fsp3) is 0.240. The second-order valence-electron chi connectivity index (χ2n) is 8.23. The Morgan fingerprint density at radius 1 is 0.974 bits per heavy atom. The van der Waals surface area contributed by atoms with Gasteiger partial charge in [-0.25, -0.2) is 16.8 Å². The van der Waals surface area contributed by atoms with Crippen LogP contribution in [0.2, 0.25) is 5.02 Å². The van der Waals surface area contributed by atoms with Crippen molar-refractivity contribution < 1.29 is 31.1 Å². The normalized spacial score (nSPS) is 14.6. The highest BCUT2D eigenvalue weighted by Crippen LogP contribution is 2.30. The molecule has 1 amide bonds. The first-order valence-corrected chi connectivity index (χ1v) is 14.8. The molecule has 0 bridgehead atoms. The van der Waals surface area contributed by atoms with Gasteiger partial charge in [0.15, 0.2) is 0 Å². The Bertz CT molecular complexity index is 1490. The van der Waals surface area contributed by atoms with Crippen LogP contribution < -0.4 is 14.4 Å². The Kier molecular flexibility index (Phi) is 8.58. The van der Waals surface area contributed by atoms with Gasteiger partial charge in [0.05, 0.1) is 41.5 Å². The number of methoxy groups -OCH3 is 1. The van der Waals surface area contributed by atoms with Crippen molar-refractivity contribution in [1.29, 1.82) is 0 Å². The SMILES string of the molecule is COc1ccc(S(=O)(=O)N2CCOCC2)cc1NC(=O)CN(c1ccc(Cl)cc1)S(=O)(=O)c1ccccc1. The molecule has 202 valence electrons. The number of morpholine rings is 1. The molecule has 0 saturated carbocycles. The third-order valence-electron chi connectivity index (χ3n) is 5.79. The summed E-state index contributed by atoms with van der Waals surface area (Å²) in [6.45, 7) is 0.403. The minimum atomic E-state index is -4.13. The molecule has 1 fully saturated rings. The van der Waals surface area contributed by atoms with Crippen LogP contribution in [0.4, 0.5) is 11.4 Å². The van der Waals surface area contributed by atoms with E-state index >= 15 is 0 Å². The number of amides is 1. The van der Waals surface area contributed by atoms with E-state index in [0.717, 1.165) is 4.31 Å². The van der Waals surface area contributed by atoms with Gasteiger partial charge in [0.1, 0.15) is 12.3 Å². The first-order valence-electron chi connectivity index (χ1n) is 11.5. The molecule has 1 heterocycles.